The summed E-state index contributed by atoms with van der Waals surface area (Å²) in [4.78, 5) is 3.99. The summed E-state index contributed by atoms with van der Waals surface area (Å²) in [5.41, 5.74) is -1.51. The Kier molecular flexibility index (Phi) is 4.32. The molecule has 1 aromatic heterocycles. The number of aryl methyl sites for hydroxylation is 1. The summed E-state index contributed by atoms with van der Waals surface area (Å²) in [6.07, 6.45) is -3.08. The highest BCUT2D eigenvalue weighted by atomic mass is 19.4. The third kappa shape index (κ3) is 3.41. The molecular formula is C14H14F4N2O. The first kappa shape index (κ1) is 15.5. The van der Waals surface area contributed by atoms with Crippen molar-refractivity contribution in [1.29, 1.82) is 0 Å². The highest BCUT2D eigenvalue weighted by molar-refractivity contribution is 5.32. The zero-order valence-corrected chi connectivity index (χ0v) is 11.2. The van der Waals surface area contributed by atoms with Gasteiger partial charge in [-0.1, -0.05) is 0 Å². The molecular weight excluding hydrogens is 288 g/mol. The molecule has 3 nitrogen and oxygen atoms in total. The minimum atomic E-state index is -4.65. The SMILES string of the molecule is CCn1ccnc1CC(O)c1cc(F)ccc1C(F)(F)F. The first-order valence-electron chi connectivity index (χ1n) is 6.37. The van der Waals surface area contributed by atoms with Crippen LogP contribution in [-0.2, 0) is 19.1 Å². The van der Waals surface area contributed by atoms with E-state index >= 15 is 0 Å². The summed E-state index contributed by atoms with van der Waals surface area (Å²) >= 11 is 0. The van der Waals surface area contributed by atoms with Crippen LogP contribution in [0.15, 0.2) is 30.6 Å². The van der Waals surface area contributed by atoms with E-state index in [1.165, 1.54) is 6.20 Å². The molecule has 2 rings (SSSR count). The summed E-state index contributed by atoms with van der Waals surface area (Å²) in [7, 11) is 0. The fourth-order valence-corrected chi connectivity index (χ4v) is 2.17. The number of imidazole rings is 1. The molecule has 7 heteroatoms. The smallest absolute Gasteiger partial charge is 0.388 e. The van der Waals surface area contributed by atoms with Gasteiger partial charge in [-0.3, -0.25) is 0 Å². The van der Waals surface area contributed by atoms with Crippen LogP contribution in [0, 0.1) is 5.82 Å². The minimum absolute atomic E-state index is 0.118. The van der Waals surface area contributed by atoms with Crippen molar-refractivity contribution < 1.29 is 22.7 Å². The van der Waals surface area contributed by atoms with E-state index in [-0.39, 0.29) is 6.42 Å². The largest absolute Gasteiger partial charge is 0.416 e. The van der Waals surface area contributed by atoms with Crippen molar-refractivity contribution in [2.45, 2.75) is 32.2 Å². The number of aromatic nitrogens is 2. The number of aliphatic hydroxyl groups is 1. The Bertz CT molecular complexity index is 622. The zero-order valence-electron chi connectivity index (χ0n) is 11.2. The Morgan fingerprint density at radius 3 is 2.67 bits per heavy atom. The van der Waals surface area contributed by atoms with Crippen LogP contribution >= 0.6 is 0 Å². The molecule has 0 spiro atoms. The maximum atomic E-state index is 13.2. The van der Waals surface area contributed by atoms with E-state index in [0.29, 0.717) is 24.5 Å². The Balaban J connectivity index is 2.34. The van der Waals surface area contributed by atoms with Gasteiger partial charge in [-0.25, -0.2) is 9.37 Å². The maximum Gasteiger partial charge on any atom is 0.416 e. The second-order valence-electron chi connectivity index (χ2n) is 4.58. The Hall–Kier alpha value is -1.89. The number of hydrogen-bond donors (Lipinski definition) is 1. The predicted octanol–water partition coefficient (Wildman–Crippen LogP) is 3.34. The molecule has 0 aliphatic heterocycles. The van der Waals surface area contributed by atoms with E-state index in [1.807, 2.05) is 6.92 Å². The molecule has 1 heterocycles. The van der Waals surface area contributed by atoms with Crippen LogP contribution in [0.1, 0.15) is 30.0 Å². The molecule has 114 valence electrons. The standard InChI is InChI=1S/C14H14F4N2O/c1-2-20-6-5-19-13(20)8-12(21)10-7-9(15)3-4-11(10)14(16,17)18/h3-7,12,21H,2,8H2,1H3. The molecule has 0 fully saturated rings. The van der Waals surface area contributed by atoms with Crippen molar-refractivity contribution >= 4 is 0 Å². The van der Waals surface area contributed by atoms with E-state index < -0.39 is 29.2 Å². The van der Waals surface area contributed by atoms with Gasteiger partial charge in [-0.05, 0) is 30.7 Å². The van der Waals surface area contributed by atoms with Crippen molar-refractivity contribution in [2.75, 3.05) is 0 Å². The Labute approximate surface area is 118 Å². The summed E-state index contributed by atoms with van der Waals surface area (Å²) in [6, 6.07) is 2.08. The van der Waals surface area contributed by atoms with Gasteiger partial charge in [-0.15, -0.1) is 0 Å². The third-order valence-corrected chi connectivity index (χ3v) is 3.20. The maximum absolute atomic E-state index is 13.2. The van der Waals surface area contributed by atoms with E-state index in [0.717, 1.165) is 6.07 Å². The number of nitrogens with zero attached hydrogens (tertiary/aromatic N) is 2. The van der Waals surface area contributed by atoms with Gasteiger partial charge in [0.2, 0.25) is 0 Å². The average molecular weight is 302 g/mol. The van der Waals surface area contributed by atoms with Crippen molar-refractivity contribution in [3.8, 4) is 0 Å². The van der Waals surface area contributed by atoms with Crippen molar-refractivity contribution in [1.82, 2.24) is 9.55 Å². The van der Waals surface area contributed by atoms with Gasteiger partial charge in [-0.2, -0.15) is 13.2 Å². The molecule has 1 aromatic carbocycles. The molecule has 0 radical (unpaired) electrons. The first-order valence-corrected chi connectivity index (χ1v) is 6.37. The monoisotopic (exact) mass is 302 g/mol. The molecule has 1 N–H and O–H groups in total. The van der Waals surface area contributed by atoms with Crippen LogP contribution in [0.4, 0.5) is 17.6 Å². The lowest BCUT2D eigenvalue weighted by Gasteiger charge is -2.18. The van der Waals surface area contributed by atoms with Gasteiger partial charge in [0.25, 0.3) is 0 Å². The Morgan fingerprint density at radius 2 is 2.05 bits per heavy atom. The lowest BCUT2D eigenvalue weighted by atomic mass is 9.99. The lowest BCUT2D eigenvalue weighted by Crippen LogP contribution is -2.15. The van der Waals surface area contributed by atoms with Crippen molar-refractivity contribution in [3.05, 3.63) is 53.4 Å². The second kappa shape index (κ2) is 5.85. The quantitative estimate of drug-likeness (QED) is 0.880. The van der Waals surface area contributed by atoms with Gasteiger partial charge in [0.05, 0.1) is 11.7 Å². The molecule has 1 atom stereocenters. The molecule has 1 unspecified atom stereocenters. The van der Waals surface area contributed by atoms with Crippen LogP contribution < -0.4 is 0 Å². The van der Waals surface area contributed by atoms with Crippen molar-refractivity contribution in [3.63, 3.8) is 0 Å². The normalized spacial score (nSPS) is 13.4. The fraction of sp³-hybridized carbons (Fsp3) is 0.357. The highest BCUT2D eigenvalue weighted by Crippen LogP contribution is 2.35. The minimum Gasteiger partial charge on any atom is -0.388 e. The van der Waals surface area contributed by atoms with Crippen molar-refractivity contribution in [2.24, 2.45) is 0 Å². The van der Waals surface area contributed by atoms with Crippen LogP contribution in [0.25, 0.3) is 0 Å². The van der Waals surface area contributed by atoms with Crippen LogP contribution in [0.5, 0.6) is 0 Å². The average Bonchev–Trinajstić information content (AvgIpc) is 2.84. The van der Waals surface area contributed by atoms with Gasteiger partial charge >= 0.3 is 6.18 Å². The van der Waals surface area contributed by atoms with E-state index in [4.69, 9.17) is 0 Å². The summed E-state index contributed by atoms with van der Waals surface area (Å²) in [5.74, 6) is -0.377. The summed E-state index contributed by atoms with van der Waals surface area (Å²) in [5, 5.41) is 10.1. The molecule has 2 aromatic rings. The highest BCUT2D eigenvalue weighted by Gasteiger charge is 2.35. The van der Waals surface area contributed by atoms with Crippen LogP contribution in [-0.4, -0.2) is 14.7 Å². The third-order valence-electron chi connectivity index (χ3n) is 3.20. The molecule has 0 aliphatic rings. The summed E-state index contributed by atoms with van der Waals surface area (Å²) < 4.78 is 53.7. The Morgan fingerprint density at radius 1 is 1.33 bits per heavy atom. The van der Waals surface area contributed by atoms with Crippen LogP contribution in [0.3, 0.4) is 0 Å². The lowest BCUT2D eigenvalue weighted by molar-refractivity contribution is -0.139. The van der Waals surface area contributed by atoms with E-state index in [1.54, 1.807) is 10.8 Å². The second-order valence-corrected chi connectivity index (χ2v) is 4.58. The molecule has 0 saturated carbocycles. The van der Waals surface area contributed by atoms with Crippen LogP contribution in [0.2, 0.25) is 0 Å². The van der Waals surface area contributed by atoms with Gasteiger partial charge in [0, 0.05) is 25.4 Å². The predicted molar refractivity (Wildman–Crippen MR) is 68.0 cm³/mol. The zero-order chi connectivity index (χ0) is 15.6. The molecule has 21 heavy (non-hydrogen) atoms. The first-order chi connectivity index (χ1) is 9.82. The molecule has 0 aliphatic carbocycles. The van der Waals surface area contributed by atoms with Gasteiger partial charge < -0.3 is 9.67 Å². The summed E-state index contributed by atoms with van der Waals surface area (Å²) in [6.45, 7) is 2.43. The number of hydrogen-bond acceptors (Lipinski definition) is 2. The number of alkyl halides is 3. The molecule has 0 saturated heterocycles. The fourth-order valence-electron chi connectivity index (χ4n) is 2.17. The van der Waals surface area contributed by atoms with E-state index in [9.17, 15) is 22.7 Å². The number of aliphatic hydroxyl groups excluding tert-OH is 1. The number of rotatable bonds is 4. The number of benzene rings is 1. The van der Waals surface area contributed by atoms with Gasteiger partial charge in [0.1, 0.15) is 11.6 Å². The van der Waals surface area contributed by atoms with Gasteiger partial charge in [0.15, 0.2) is 0 Å². The molecule has 0 amide bonds. The topological polar surface area (TPSA) is 38.0 Å². The van der Waals surface area contributed by atoms with E-state index in [2.05, 4.69) is 4.98 Å². The molecule has 0 bridgehead atoms. The number of halogens is 4.